The molecule has 60 valence electrons. The Hall–Kier alpha value is -0.550. The first kappa shape index (κ1) is 9.45. The minimum absolute atomic E-state index is 0.459. The van der Waals surface area contributed by atoms with Crippen molar-refractivity contribution >= 4 is 6.21 Å². The summed E-state index contributed by atoms with van der Waals surface area (Å²) in [5, 5.41) is 8.55. The van der Waals surface area contributed by atoms with Crippen LogP contribution in [0.25, 0.3) is 0 Å². The summed E-state index contributed by atoms with van der Waals surface area (Å²) in [6.45, 7) is 1.45. The summed E-state index contributed by atoms with van der Waals surface area (Å²) in [7, 11) is 0. The van der Waals surface area contributed by atoms with Gasteiger partial charge in [0.05, 0.1) is 12.3 Å². The van der Waals surface area contributed by atoms with Crippen LogP contribution in [-0.4, -0.2) is 30.0 Å². The maximum Gasteiger partial charge on any atom is 0.273 e. The summed E-state index contributed by atoms with van der Waals surface area (Å²) in [6, 6.07) is -0.672. The number of aliphatic hydroxyl groups is 1. The van der Waals surface area contributed by atoms with Gasteiger partial charge in [-0.15, -0.1) is 0 Å². The molecule has 0 spiro atoms. The average molecular weight is 152 g/mol. The van der Waals surface area contributed by atoms with Gasteiger partial charge in [0.25, 0.3) is 6.43 Å². The molecule has 3 N–H and O–H groups in total. The fourth-order valence-electron chi connectivity index (χ4n) is 0.289. The van der Waals surface area contributed by atoms with E-state index in [4.69, 9.17) is 10.8 Å². The molecule has 10 heavy (non-hydrogen) atoms. The predicted octanol–water partition coefficient (Wildman–Crippen LogP) is -0.0121. The molecule has 0 radical (unpaired) electrons. The second-order valence-corrected chi connectivity index (χ2v) is 1.86. The van der Waals surface area contributed by atoms with Crippen molar-refractivity contribution in [3.8, 4) is 0 Å². The maximum atomic E-state index is 11.4. The van der Waals surface area contributed by atoms with Crippen LogP contribution in [0.2, 0.25) is 0 Å². The molecule has 5 heteroatoms. The molecule has 0 amide bonds. The standard InChI is InChI=1S/C5H10F2N2O/c1-3(5(8)10)9-2-4(6)7/h2-5,10H,8H2,1H3/b9-2+. The van der Waals surface area contributed by atoms with Crippen molar-refractivity contribution in [1.82, 2.24) is 0 Å². The molecule has 0 aliphatic heterocycles. The van der Waals surface area contributed by atoms with Crippen LogP contribution in [0, 0.1) is 0 Å². The second kappa shape index (κ2) is 4.29. The van der Waals surface area contributed by atoms with Crippen molar-refractivity contribution in [3.05, 3.63) is 0 Å². The Morgan fingerprint density at radius 2 is 2.10 bits per heavy atom. The van der Waals surface area contributed by atoms with Gasteiger partial charge in [-0.2, -0.15) is 0 Å². The number of rotatable bonds is 3. The van der Waals surface area contributed by atoms with E-state index < -0.39 is 18.7 Å². The van der Waals surface area contributed by atoms with E-state index in [1.165, 1.54) is 6.92 Å². The van der Waals surface area contributed by atoms with Crippen molar-refractivity contribution in [2.75, 3.05) is 0 Å². The van der Waals surface area contributed by atoms with E-state index in [2.05, 4.69) is 4.99 Å². The van der Waals surface area contributed by atoms with Crippen molar-refractivity contribution in [2.24, 2.45) is 10.7 Å². The van der Waals surface area contributed by atoms with Gasteiger partial charge < -0.3 is 10.8 Å². The number of nitrogens with two attached hydrogens (primary N) is 1. The van der Waals surface area contributed by atoms with Crippen molar-refractivity contribution in [1.29, 1.82) is 0 Å². The monoisotopic (exact) mass is 152 g/mol. The highest BCUT2D eigenvalue weighted by molar-refractivity contribution is 5.60. The third-order valence-electron chi connectivity index (χ3n) is 0.928. The minimum Gasteiger partial charge on any atom is -0.377 e. The fourth-order valence-corrected chi connectivity index (χ4v) is 0.289. The van der Waals surface area contributed by atoms with Crippen LogP contribution >= 0.6 is 0 Å². The molecule has 0 aliphatic rings. The van der Waals surface area contributed by atoms with Crippen LogP contribution in [0.15, 0.2) is 4.99 Å². The normalized spacial score (nSPS) is 18.2. The van der Waals surface area contributed by atoms with Crippen molar-refractivity contribution in [3.63, 3.8) is 0 Å². The Morgan fingerprint density at radius 3 is 2.40 bits per heavy atom. The van der Waals surface area contributed by atoms with Gasteiger partial charge in [-0.05, 0) is 6.92 Å². The molecule has 0 rings (SSSR count). The van der Waals surface area contributed by atoms with Crippen LogP contribution < -0.4 is 5.73 Å². The predicted molar refractivity (Wildman–Crippen MR) is 34.2 cm³/mol. The number of aliphatic hydroxyl groups excluding tert-OH is 1. The molecule has 0 saturated heterocycles. The average Bonchev–Trinajstić information content (AvgIpc) is 1.82. The Balaban J connectivity index is 3.66. The Kier molecular flexibility index (Phi) is 4.06. The van der Waals surface area contributed by atoms with Crippen LogP contribution in [0.5, 0.6) is 0 Å². The van der Waals surface area contributed by atoms with Crippen LogP contribution in [0.4, 0.5) is 8.78 Å². The second-order valence-electron chi connectivity index (χ2n) is 1.86. The molecule has 0 heterocycles. The highest BCUT2D eigenvalue weighted by atomic mass is 19.3. The molecule has 2 atom stereocenters. The van der Waals surface area contributed by atoms with Crippen LogP contribution in [-0.2, 0) is 0 Å². The third-order valence-corrected chi connectivity index (χ3v) is 0.928. The van der Waals surface area contributed by atoms with Gasteiger partial charge in [0.1, 0.15) is 6.23 Å². The van der Waals surface area contributed by atoms with E-state index in [-0.39, 0.29) is 0 Å². The maximum absolute atomic E-state index is 11.4. The number of halogens is 2. The van der Waals surface area contributed by atoms with E-state index in [0.29, 0.717) is 6.21 Å². The van der Waals surface area contributed by atoms with Gasteiger partial charge in [0.15, 0.2) is 0 Å². The molecule has 2 unspecified atom stereocenters. The summed E-state index contributed by atoms with van der Waals surface area (Å²) in [5.41, 5.74) is 4.92. The minimum atomic E-state index is -2.58. The number of aliphatic imine (C=N–C) groups is 1. The zero-order valence-electron chi connectivity index (χ0n) is 5.54. The Bertz CT molecular complexity index is 116. The summed E-state index contributed by atoms with van der Waals surface area (Å²) < 4.78 is 22.8. The van der Waals surface area contributed by atoms with Crippen LogP contribution in [0.1, 0.15) is 6.92 Å². The highest BCUT2D eigenvalue weighted by Crippen LogP contribution is 1.93. The first-order valence-corrected chi connectivity index (χ1v) is 2.79. The number of hydrogen-bond acceptors (Lipinski definition) is 3. The lowest BCUT2D eigenvalue weighted by Crippen LogP contribution is -2.30. The first-order valence-electron chi connectivity index (χ1n) is 2.79. The SMILES string of the molecule is CC(/N=C/C(F)F)C(N)O. The fraction of sp³-hybridized carbons (Fsp3) is 0.800. The smallest absolute Gasteiger partial charge is 0.273 e. The molecule has 0 aromatic carbocycles. The molecular formula is C5H10F2N2O. The van der Waals surface area contributed by atoms with E-state index in [0.717, 1.165) is 0 Å². The quantitative estimate of drug-likeness (QED) is 0.441. The van der Waals surface area contributed by atoms with Crippen LogP contribution in [0.3, 0.4) is 0 Å². The summed E-state index contributed by atoms with van der Waals surface area (Å²) >= 11 is 0. The zero-order valence-corrected chi connectivity index (χ0v) is 5.54. The van der Waals surface area contributed by atoms with E-state index in [9.17, 15) is 8.78 Å². The van der Waals surface area contributed by atoms with Gasteiger partial charge in [0.2, 0.25) is 0 Å². The van der Waals surface area contributed by atoms with Gasteiger partial charge in [-0.1, -0.05) is 0 Å². The Morgan fingerprint density at radius 1 is 1.60 bits per heavy atom. The molecule has 0 aromatic rings. The summed E-state index contributed by atoms with van der Waals surface area (Å²) in [5.74, 6) is 0. The molecule has 0 fully saturated rings. The highest BCUT2D eigenvalue weighted by Gasteiger charge is 2.06. The van der Waals surface area contributed by atoms with Gasteiger partial charge >= 0.3 is 0 Å². The van der Waals surface area contributed by atoms with Gasteiger partial charge in [-0.25, -0.2) is 8.78 Å². The molecule has 0 saturated carbocycles. The topological polar surface area (TPSA) is 58.6 Å². The first-order chi connectivity index (χ1) is 4.54. The summed E-state index contributed by atoms with van der Waals surface area (Å²) in [4.78, 5) is 3.27. The molecule has 3 nitrogen and oxygen atoms in total. The Labute approximate surface area is 57.6 Å². The lowest BCUT2D eigenvalue weighted by atomic mass is 10.3. The van der Waals surface area contributed by atoms with Gasteiger partial charge in [0, 0.05) is 0 Å². The molecule has 0 bridgehead atoms. The van der Waals surface area contributed by atoms with Gasteiger partial charge in [-0.3, -0.25) is 4.99 Å². The van der Waals surface area contributed by atoms with Crippen molar-refractivity contribution in [2.45, 2.75) is 25.6 Å². The number of nitrogens with zero attached hydrogens (tertiary/aromatic N) is 1. The van der Waals surface area contributed by atoms with E-state index in [1.54, 1.807) is 0 Å². The van der Waals surface area contributed by atoms with E-state index >= 15 is 0 Å². The lowest BCUT2D eigenvalue weighted by molar-refractivity contribution is 0.158. The molecular weight excluding hydrogens is 142 g/mol. The molecule has 0 aliphatic carbocycles. The largest absolute Gasteiger partial charge is 0.377 e. The number of hydrogen-bond donors (Lipinski definition) is 2. The molecule has 0 aromatic heterocycles. The third kappa shape index (κ3) is 4.34. The lowest BCUT2D eigenvalue weighted by Gasteiger charge is -2.07. The van der Waals surface area contributed by atoms with Crippen molar-refractivity contribution < 1.29 is 13.9 Å². The number of alkyl halides is 2. The van der Waals surface area contributed by atoms with E-state index in [1.807, 2.05) is 0 Å². The summed E-state index contributed by atoms with van der Waals surface area (Å²) in [6.07, 6.45) is -3.29. The zero-order chi connectivity index (χ0) is 8.15.